The zero-order valence-electron chi connectivity index (χ0n) is 15.8. The average Bonchev–Trinajstić information content (AvgIpc) is 2.90. The van der Waals surface area contributed by atoms with Gasteiger partial charge in [0, 0.05) is 28.7 Å². The number of nitrogens with one attached hydrogen (secondary N) is 2. The normalized spacial score (nSPS) is 11.8. The van der Waals surface area contributed by atoms with Crippen LogP contribution in [0.2, 0.25) is 0 Å². The molecule has 3 aromatic rings. The Morgan fingerprint density at radius 1 is 1.08 bits per heavy atom. The number of amides is 1. The molecule has 26 heavy (non-hydrogen) atoms. The molecule has 1 heterocycles. The number of nitrogens with zero attached hydrogens (tertiary/aromatic N) is 1. The topological polar surface area (TPSA) is 57.2 Å². The van der Waals surface area contributed by atoms with Gasteiger partial charge in [-0.25, -0.2) is 5.43 Å². The molecule has 0 aliphatic carbocycles. The van der Waals surface area contributed by atoms with E-state index in [0.717, 1.165) is 34.3 Å². The number of aryl methyl sites for hydroxylation is 3. The molecule has 0 atom stereocenters. The molecule has 0 radical (unpaired) electrons. The van der Waals surface area contributed by atoms with Crippen molar-refractivity contribution in [3.05, 3.63) is 70.4 Å². The maximum absolute atomic E-state index is 12.4. The van der Waals surface area contributed by atoms with Crippen LogP contribution in [0.25, 0.3) is 10.9 Å². The van der Waals surface area contributed by atoms with E-state index in [2.05, 4.69) is 53.6 Å². The number of H-pyrrole nitrogens is 1. The molecule has 0 spiro atoms. The summed E-state index contributed by atoms with van der Waals surface area (Å²) in [6.45, 7) is 8.11. The Bertz CT molecular complexity index is 968. The number of rotatable bonds is 5. The lowest BCUT2D eigenvalue weighted by Gasteiger charge is -2.05. The molecule has 0 aliphatic rings. The number of fused-ring (bicyclic) bond motifs is 1. The van der Waals surface area contributed by atoms with Crippen molar-refractivity contribution in [2.24, 2.45) is 5.10 Å². The predicted octanol–water partition coefficient (Wildman–Crippen LogP) is 4.37. The minimum absolute atomic E-state index is 0.0967. The van der Waals surface area contributed by atoms with E-state index in [1.807, 2.05) is 32.0 Å². The monoisotopic (exact) mass is 347 g/mol. The highest BCUT2D eigenvalue weighted by molar-refractivity contribution is 5.92. The van der Waals surface area contributed by atoms with Gasteiger partial charge < -0.3 is 4.98 Å². The van der Waals surface area contributed by atoms with E-state index in [9.17, 15) is 4.79 Å². The van der Waals surface area contributed by atoms with Crippen molar-refractivity contribution in [3.8, 4) is 0 Å². The molecule has 0 bridgehead atoms. The first-order valence-corrected chi connectivity index (χ1v) is 8.88. The number of benzene rings is 2. The van der Waals surface area contributed by atoms with Gasteiger partial charge in [-0.2, -0.15) is 5.10 Å². The average molecular weight is 347 g/mol. The van der Waals surface area contributed by atoms with Crippen molar-refractivity contribution < 1.29 is 4.79 Å². The van der Waals surface area contributed by atoms with E-state index in [0.29, 0.717) is 6.42 Å². The van der Waals surface area contributed by atoms with E-state index in [4.69, 9.17) is 0 Å². The van der Waals surface area contributed by atoms with Crippen LogP contribution in [0.4, 0.5) is 0 Å². The van der Waals surface area contributed by atoms with Gasteiger partial charge >= 0.3 is 0 Å². The number of hydrogen-bond acceptors (Lipinski definition) is 2. The zero-order chi connectivity index (χ0) is 18.7. The van der Waals surface area contributed by atoms with Gasteiger partial charge in [0.2, 0.25) is 5.91 Å². The first-order chi connectivity index (χ1) is 12.4. The van der Waals surface area contributed by atoms with Crippen molar-refractivity contribution >= 4 is 22.5 Å². The molecule has 0 aliphatic heterocycles. The Kier molecular flexibility index (Phi) is 5.21. The second-order valence-corrected chi connectivity index (χ2v) is 6.95. The van der Waals surface area contributed by atoms with E-state index < -0.39 is 0 Å². The molecule has 2 aromatic carbocycles. The van der Waals surface area contributed by atoms with Crippen LogP contribution in [0.1, 0.15) is 34.9 Å². The van der Waals surface area contributed by atoms with Crippen LogP contribution in [0.5, 0.6) is 0 Å². The molecule has 0 saturated carbocycles. The van der Waals surface area contributed by atoms with E-state index in [-0.39, 0.29) is 5.91 Å². The minimum Gasteiger partial charge on any atom is -0.358 e. The quantitative estimate of drug-likeness (QED) is 0.522. The summed E-state index contributed by atoms with van der Waals surface area (Å²) in [4.78, 5) is 15.8. The van der Waals surface area contributed by atoms with E-state index >= 15 is 0 Å². The first-order valence-electron chi connectivity index (χ1n) is 8.88. The molecule has 0 fully saturated rings. The summed E-state index contributed by atoms with van der Waals surface area (Å²) < 4.78 is 0. The zero-order valence-corrected chi connectivity index (χ0v) is 15.8. The maximum atomic E-state index is 12.4. The molecule has 0 unspecified atom stereocenters. The van der Waals surface area contributed by atoms with E-state index in [1.54, 1.807) is 0 Å². The summed E-state index contributed by atoms with van der Waals surface area (Å²) in [7, 11) is 0. The van der Waals surface area contributed by atoms with Crippen LogP contribution in [0.15, 0.2) is 47.6 Å². The van der Waals surface area contributed by atoms with Crippen LogP contribution in [0, 0.1) is 20.8 Å². The summed E-state index contributed by atoms with van der Waals surface area (Å²) in [6, 6.07) is 14.4. The molecular weight excluding hydrogens is 322 g/mol. The molecule has 0 saturated heterocycles. The molecule has 4 nitrogen and oxygen atoms in total. The second kappa shape index (κ2) is 7.56. The smallest absolute Gasteiger partial charge is 0.244 e. The Labute approximate surface area is 154 Å². The second-order valence-electron chi connectivity index (χ2n) is 6.95. The van der Waals surface area contributed by atoms with Crippen molar-refractivity contribution in [2.75, 3.05) is 0 Å². The Morgan fingerprint density at radius 2 is 1.81 bits per heavy atom. The fourth-order valence-electron chi connectivity index (χ4n) is 3.35. The Morgan fingerprint density at radius 3 is 2.54 bits per heavy atom. The molecule has 3 rings (SSSR count). The van der Waals surface area contributed by atoms with Gasteiger partial charge in [-0.1, -0.05) is 42.0 Å². The number of carbonyl (C=O) groups is 1. The number of aromatic amines is 1. The highest BCUT2D eigenvalue weighted by atomic mass is 16.2. The van der Waals surface area contributed by atoms with Gasteiger partial charge in [0.15, 0.2) is 0 Å². The molecule has 1 amide bonds. The molecular formula is C22H25N3O. The molecule has 134 valence electrons. The van der Waals surface area contributed by atoms with Crippen molar-refractivity contribution in [3.63, 3.8) is 0 Å². The van der Waals surface area contributed by atoms with Gasteiger partial charge in [0.05, 0.1) is 6.42 Å². The van der Waals surface area contributed by atoms with Gasteiger partial charge in [0.1, 0.15) is 0 Å². The number of aromatic nitrogens is 1. The predicted molar refractivity (Wildman–Crippen MR) is 108 cm³/mol. The van der Waals surface area contributed by atoms with Crippen molar-refractivity contribution in [1.29, 1.82) is 0 Å². The SMILES string of the molecule is C/C(Cc1ccccc1)=N\NC(=O)Cc1c(C)[nH]c2c(C)cc(C)cc12. The van der Waals surface area contributed by atoms with Gasteiger partial charge in [-0.05, 0) is 50.5 Å². The lowest BCUT2D eigenvalue weighted by atomic mass is 10.0. The lowest BCUT2D eigenvalue weighted by molar-refractivity contribution is -0.120. The fraction of sp³-hybridized carbons (Fsp3) is 0.273. The maximum Gasteiger partial charge on any atom is 0.244 e. The van der Waals surface area contributed by atoms with Gasteiger partial charge in [-0.15, -0.1) is 0 Å². The minimum atomic E-state index is -0.0967. The van der Waals surface area contributed by atoms with Gasteiger partial charge in [-0.3, -0.25) is 4.79 Å². The van der Waals surface area contributed by atoms with Crippen LogP contribution >= 0.6 is 0 Å². The van der Waals surface area contributed by atoms with E-state index in [1.165, 1.54) is 16.7 Å². The summed E-state index contributed by atoms with van der Waals surface area (Å²) in [5.41, 5.74) is 10.4. The largest absolute Gasteiger partial charge is 0.358 e. The molecule has 4 heteroatoms. The number of carbonyl (C=O) groups excluding carboxylic acids is 1. The third kappa shape index (κ3) is 4.02. The fourth-order valence-corrected chi connectivity index (χ4v) is 3.35. The Balaban J connectivity index is 1.71. The first kappa shape index (κ1) is 17.9. The summed E-state index contributed by atoms with van der Waals surface area (Å²) in [5, 5.41) is 5.38. The Hall–Kier alpha value is -2.88. The lowest BCUT2D eigenvalue weighted by Crippen LogP contribution is -2.21. The summed E-state index contributed by atoms with van der Waals surface area (Å²) in [6.07, 6.45) is 1.04. The highest BCUT2D eigenvalue weighted by Crippen LogP contribution is 2.26. The van der Waals surface area contributed by atoms with Crippen LogP contribution < -0.4 is 5.43 Å². The van der Waals surface area contributed by atoms with Gasteiger partial charge in [0.25, 0.3) is 0 Å². The molecule has 1 aromatic heterocycles. The summed E-state index contributed by atoms with van der Waals surface area (Å²) in [5.74, 6) is -0.0967. The van der Waals surface area contributed by atoms with Crippen molar-refractivity contribution in [1.82, 2.24) is 10.4 Å². The number of hydrogen-bond donors (Lipinski definition) is 2. The summed E-state index contributed by atoms with van der Waals surface area (Å²) >= 11 is 0. The van der Waals surface area contributed by atoms with Crippen LogP contribution in [-0.4, -0.2) is 16.6 Å². The third-order valence-electron chi connectivity index (χ3n) is 4.58. The number of hydrazone groups is 1. The standard InChI is InChI=1S/C22H25N3O/c1-14-10-15(2)22-20(11-14)19(17(4)23-22)13-21(26)25-24-16(3)12-18-8-6-5-7-9-18/h5-11,23H,12-13H2,1-4H3,(H,25,26)/b24-16+. The molecule has 2 N–H and O–H groups in total. The van der Waals surface area contributed by atoms with Crippen LogP contribution in [0.3, 0.4) is 0 Å². The van der Waals surface area contributed by atoms with Crippen LogP contribution in [-0.2, 0) is 17.6 Å². The highest BCUT2D eigenvalue weighted by Gasteiger charge is 2.14. The third-order valence-corrected chi connectivity index (χ3v) is 4.58. The van der Waals surface area contributed by atoms with Crippen molar-refractivity contribution in [2.45, 2.75) is 40.5 Å².